The molecule has 4 nitrogen and oxygen atoms in total. The molecule has 20 heavy (non-hydrogen) atoms. The molecule has 1 fully saturated rings. The Kier molecular flexibility index (Phi) is 4.42. The van der Waals surface area contributed by atoms with Gasteiger partial charge in [-0.15, -0.1) is 0 Å². The topological polar surface area (TPSA) is 57.6 Å². The molecular weight excluding hydrogens is 254 g/mol. The van der Waals surface area contributed by atoms with Crippen molar-refractivity contribution in [1.82, 2.24) is 4.90 Å². The molecular formula is C16H21NO3. The highest BCUT2D eigenvalue weighted by molar-refractivity contribution is 5.79. The van der Waals surface area contributed by atoms with E-state index in [-0.39, 0.29) is 11.8 Å². The average Bonchev–Trinajstić information content (AvgIpc) is 2.80. The van der Waals surface area contributed by atoms with E-state index in [1.54, 1.807) is 4.90 Å². The third-order valence-corrected chi connectivity index (χ3v) is 4.03. The molecule has 1 amide bonds. The van der Waals surface area contributed by atoms with Gasteiger partial charge in [-0.2, -0.15) is 0 Å². The molecule has 2 rings (SSSR count). The van der Waals surface area contributed by atoms with Gasteiger partial charge in [-0.05, 0) is 24.8 Å². The number of amides is 1. The normalized spacial score (nSPS) is 22.0. The largest absolute Gasteiger partial charge is 0.481 e. The first-order valence-electron chi connectivity index (χ1n) is 7.03. The Morgan fingerprint density at radius 2 is 1.90 bits per heavy atom. The van der Waals surface area contributed by atoms with E-state index < -0.39 is 11.9 Å². The van der Waals surface area contributed by atoms with Crippen molar-refractivity contribution in [3.63, 3.8) is 0 Å². The van der Waals surface area contributed by atoms with Crippen molar-refractivity contribution in [3.05, 3.63) is 35.4 Å². The summed E-state index contributed by atoms with van der Waals surface area (Å²) in [6.45, 7) is 4.84. The lowest BCUT2D eigenvalue weighted by atomic mass is 9.99. The molecule has 1 aliphatic rings. The number of carbonyl (C=O) groups excluding carboxylic acids is 1. The van der Waals surface area contributed by atoms with E-state index in [9.17, 15) is 9.59 Å². The zero-order chi connectivity index (χ0) is 14.7. The van der Waals surface area contributed by atoms with Gasteiger partial charge in [-0.25, -0.2) is 0 Å². The number of carboxylic acid groups (broad SMARTS) is 1. The third kappa shape index (κ3) is 3.38. The van der Waals surface area contributed by atoms with Crippen LogP contribution in [0.1, 0.15) is 24.5 Å². The number of hydrogen-bond donors (Lipinski definition) is 1. The Morgan fingerprint density at radius 3 is 2.45 bits per heavy atom. The van der Waals surface area contributed by atoms with Crippen LogP contribution in [0.3, 0.4) is 0 Å². The first-order valence-corrected chi connectivity index (χ1v) is 7.03. The molecule has 1 heterocycles. The Hall–Kier alpha value is -1.84. The molecule has 0 spiro atoms. The molecule has 2 unspecified atom stereocenters. The zero-order valence-electron chi connectivity index (χ0n) is 12.0. The van der Waals surface area contributed by atoms with Crippen molar-refractivity contribution in [2.45, 2.75) is 26.7 Å². The Labute approximate surface area is 119 Å². The van der Waals surface area contributed by atoms with Crippen molar-refractivity contribution in [2.24, 2.45) is 11.8 Å². The summed E-state index contributed by atoms with van der Waals surface area (Å²) in [7, 11) is 0. The predicted octanol–water partition coefficient (Wildman–Crippen LogP) is 2.11. The van der Waals surface area contributed by atoms with Crippen LogP contribution in [0.15, 0.2) is 24.3 Å². The molecule has 1 aromatic rings. The summed E-state index contributed by atoms with van der Waals surface area (Å²) in [5, 5.41) is 9.08. The Balaban J connectivity index is 1.87. The summed E-state index contributed by atoms with van der Waals surface area (Å²) in [4.78, 5) is 24.9. The number of hydrogen-bond acceptors (Lipinski definition) is 2. The lowest BCUT2D eigenvalue weighted by Crippen LogP contribution is -2.30. The molecule has 4 heteroatoms. The van der Waals surface area contributed by atoms with Gasteiger partial charge in [0.15, 0.2) is 0 Å². The van der Waals surface area contributed by atoms with Crippen molar-refractivity contribution >= 4 is 11.9 Å². The van der Waals surface area contributed by atoms with Crippen LogP contribution in [0.5, 0.6) is 0 Å². The molecule has 1 saturated heterocycles. The number of aryl methyl sites for hydroxylation is 2. The van der Waals surface area contributed by atoms with E-state index in [0.29, 0.717) is 25.9 Å². The molecule has 1 aromatic carbocycles. The maximum atomic E-state index is 12.1. The fourth-order valence-electron chi connectivity index (χ4n) is 2.66. The van der Waals surface area contributed by atoms with Gasteiger partial charge in [0.25, 0.3) is 0 Å². The van der Waals surface area contributed by atoms with E-state index in [4.69, 9.17) is 5.11 Å². The number of carbonyl (C=O) groups is 2. The summed E-state index contributed by atoms with van der Waals surface area (Å²) in [5.41, 5.74) is 2.35. The first-order chi connectivity index (χ1) is 9.47. The summed E-state index contributed by atoms with van der Waals surface area (Å²) in [6.07, 6.45) is 1.16. The van der Waals surface area contributed by atoms with Gasteiger partial charge in [-0.1, -0.05) is 36.8 Å². The van der Waals surface area contributed by atoms with Crippen molar-refractivity contribution < 1.29 is 14.7 Å². The number of likely N-dealkylation sites (tertiary alicyclic amines) is 1. The number of nitrogens with zero attached hydrogens (tertiary/aromatic N) is 1. The lowest BCUT2D eigenvalue weighted by molar-refractivity contribution is -0.142. The molecule has 1 aliphatic heterocycles. The second-order valence-electron chi connectivity index (χ2n) is 5.71. The van der Waals surface area contributed by atoms with E-state index in [1.807, 2.05) is 38.1 Å². The summed E-state index contributed by atoms with van der Waals surface area (Å²) < 4.78 is 0. The van der Waals surface area contributed by atoms with Gasteiger partial charge in [0.1, 0.15) is 0 Å². The standard InChI is InChI=1S/C16H21NO3/c1-11-3-5-13(6-4-11)7-8-15(18)17-9-12(2)14(10-17)16(19)20/h3-6,12,14H,7-10H2,1-2H3,(H,19,20). The predicted molar refractivity (Wildman–Crippen MR) is 76.4 cm³/mol. The molecule has 1 N–H and O–H groups in total. The second kappa shape index (κ2) is 6.07. The fourth-order valence-corrected chi connectivity index (χ4v) is 2.66. The van der Waals surface area contributed by atoms with Crippen molar-refractivity contribution in [1.29, 1.82) is 0 Å². The van der Waals surface area contributed by atoms with Crippen LogP contribution in [0.2, 0.25) is 0 Å². The fraction of sp³-hybridized carbons (Fsp3) is 0.500. The van der Waals surface area contributed by atoms with Crippen LogP contribution in [-0.4, -0.2) is 35.0 Å². The summed E-state index contributed by atoms with van der Waals surface area (Å²) >= 11 is 0. The highest BCUT2D eigenvalue weighted by atomic mass is 16.4. The zero-order valence-corrected chi connectivity index (χ0v) is 12.0. The van der Waals surface area contributed by atoms with Crippen LogP contribution in [0, 0.1) is 18.8 Å². The molecule has 0 radical (unpaired) electrons. The average molecular weight is 275 g/mol. The number of carboxylic acids is 1. The molecule has 0 aromatic heterocycles. The van der Waals surface area contributed by atoms with E-state index >= 15 is 0 Å². The smallest absolute Gasteiger partial charge is 0.308 e. The Morgan fingerprint density at radius 1 is 1.25 bits per heavy atom. The van der Waals surface area contributed by atoms with Crippen LogP contribution in [0.25, 0.3) is 0 Å². The van der Waals surface area contributed by atoms with Crippen LogP contribution < -0.4 is 0 Å². The molecule has 0 saturated carbocycles. The maximum absolute atomic E-state index is 12.1. The van der Waals surface area contributed by atoms with Crippen molar-refractivity contribution in [2.75, 3.05) is 13.1 Å². The minimum atomic E-state index is -0.800. The van der Waals surface area contributed by atoms with Crippen LogP contribution in [-0.2, 0) is 16.0 Å². The number of benzene rings is 1. The number of rotatable bonds is 4. The van der Waals surface area contributed by atoms with E-state index in [2.05, 4.69) is 0 Å². The Bertz CT molecular complexity index is 495. The minimum Gasteiger partial charge on any atom is -0.481 e. The van der Waals surface area contributed by atoms with Gasteiger partial charge < -0.3 is 10.0 Å². The highest BCUT2D eigenvalue weighted by Gasteiger charge is 2.36. The molecule has 0 bridgehead atoms. The SMILES string of the molecule is Cc1ccc(CCC(=O)N2CC(C)C(C(=O)O)C2)cc1. The van der Waals surface area contributed by atoms with Gasteiger partial charge >= 0.3 is 5.97 Å². The second-order valence-corrected chi connectivity index (χ2v) is 5.71. The quantitative estimate of drug-likeness (QED) is 0.915. The van der Waals surface area contributed by atoms with E-state index in [0.717, 1.165) is 5.56 Å². The van der Waals surface area contributed by atoms with Crippen LogP contribution >= 0.6 is 0 Å². The highest BCUT2D eigenvalue weighted by Crippen LogP contribution is 2.24. The monoisotopic (exact) mass is 275 g/mol. The van der Waals surface area contributed by atoms with Gasteiger partial charge in [0, 0.05) is 19.5 Å². The number of aliphatic carboxylic acids is 1. The van der Waals surface area contributed by atoms with Gasteiger partial charge in [-0.3, -0.25) is 9.59 Å². The molecule has 108 valence electrons. The lowest BCUT2D eigenvalue weighted by Gasteiger charge is -2.15. The third-order valence-electron chi connectivity index (χ3n) is 4.03. The minimum absolute atomic E-state index is 0.0378. The summed E-state index contributed by atoms with van der Waals surface area (Å²) in [5.74, 6) is -1.12. The molecule has 2 atom stereocenters. The molecule has 0 aliphatic carbocycles. The van der Waals surface area contributed by atoms with Crippen LogP contribution in [0.4, 0.5) is 0 Å². The maximum Gasteiger partial charge on any atom is 0.308 e. The van der Waals surface area contributed by atoms with E-state index in [1.165, 1.54) is 5.56 Å². The summed E-state index contributed by atoms with van der Waals surface area (Å²) in [6, 6.07) is 8.15. The first kappa shape index (κ1) is 14.6. The van der Waals surface area contributed by atoms with Gasteiger partial charge in [0.2, 0.25) is 5.91 Å². The van der Waals surface area contributed by atoms with Gasteiger partial charge in [0.05, 0.1) is 5.92 Å². The van der Waals surface area contributed by atoms with Crippen molar-refractivity contribution in [3.8, 4) is 0 Å².